The van der Waals surface area contributed by atoms with E-state index in [1.54, 1.807) is 0 Å². The van der Waals surface area contributed by atoms with E-state index in [0.717, 1.165) is 0 Å². The predicted molar refractivity (Wildman–Crippen MR) is 43.5 cm³/mol. The number of halogens is 4. The maximum absolute atomic E-state index is 13.3. The van der Waals surface area contributed by atoms with Crippen LogP contribution in [0, 0.1) is 15.9 Å². The molecule has 0 fully saturated rings. The van der Waals surface area contributed by atoms with Crippen LogP contribution in [0.5, 0.6) is 5.75 Å². The van der Waals surface area contributed by atoms with Crippen LogP contribution >= 0.6 is 0 Å². The molecule has 17 heavy (non-hydrogen) atoms. The fourth-order valence-corrected chi connectivity index (χ4v) is 0.995. The lowest BCUT2D eigenvalue weighted by Gasteiger charge is -2.09. The van der Waals surface area contributed by atoms with E-state index < -0.39 is 40.8 Å². The molecule has 1 rings (SSSR count). The highest BCUT2D eigenvalue weighted by Crippen LogP contribution is 2.30. The highest BCUT2D eigenvalue weighted by Gasteiger charge is 2.35. The van der Waals surface area contributed by atoms with Gasteiger partial charge in [-0.2, -0.15) is 0 Å². The van der Waals surface area contributed by atoms with E-state index in [1.807, 2.05) is 0 Å². The summed E-state index contributed by atoms with van der Waals surface area (Å²) in [5, 5.41) is 19.0. The summed E-state index contributed by atoms with van der Waals surface area (Å²) in [7, 11) is 0. The number of aliphatic hydroxyl groups is 1. The molecule has 1 aromatic heterocycles. The van der Waals surface area contributed by atoms with Crippen molar-refractivity contribution < 1.29 is 32.3 Å². The lowest BCUT2D eigenvalue weighted by Crippen LogP contribution is -2.19. The summed E-state index contributed by atoms with van der Waals surface area (Å²) in [6.07, 6.45) is -4.94. The number of ether oxygens (including phenoxy) is 1. The van der Waals surface area contributed by atoms with Gasteiger partial charge in [-0.25, -0.2) is 4.39 Å². The first kappa shape index (κ1) is 13.1. The molecule has 0 aliphatic heterocycles. The van der Waals surface area contributed by atoms with Crippen molar-refractivity contribution in [2.24, 2.45) is 0 Å². The lowest BCUT2D eigenvalue weighted by atomic mass is 10.2. The second-order valence-corrected chi connectivity index (χ2v) is 2.70. The Morgan fingerprint density at radius 2 is 2.12 bits per heavy atom. The third-order valence-electron chi connectivity index (χ3n) is 1.61. The largest absolute Gasteiger partial charge is 0.573 e. The van der Waals surface area contributed by atoms with Gasteiger partial charge in [0, 0.05) is 0 Å². The van der Waals surface area contributed by atoms with Gasteiger partial charge in [0.25, 0.3) is 0 Å². The molecule has 10 heteroatoms. The second kappa shape index (κ2) is 4.49. The van der Waals surface area contributed by atoms with E-state index in [1.165, 1.54) is 0 Å². The number of pyridine rings is 1. The highest BCUT2D eigenvalue weighted by molar-refractivity contribution is 5.39. The summed E-state index contributed by atoms with van der Waals surface area (Å²) in [5.74, 6) is -4.09. The van der Waals surface area contributed by atoms with E-state index in [2.05, 4.69) is 9.72 Å². The monoisotopic (exact) mass is 256 g/mol. The minimum Gasteiger partial charge on any atom is -0.399 e. The van der Waals surface area contributed by atoms with Crippen LogP contribution in [-0.4, -0.2) is 21.4 Å². The third-order valence-corrected chi connectivity index (χ3v) is 1.61. The van der Waals surface area contributed by atoms with Crippen LogP contribution in [0.4, 0.5) is 23.4 Å². The first-order valence-electron chi connectivity index (χ1n) is 3.94. The number of nitro groups is 1. The number of aromatic nitrogens is 1. The van der Waals surface area contributed by atoms with Gasteiger partial charge in [-0.05, 0) is 9.91 Å². The Morgan fingerprint density at radius 3 is 2.53 bits per heavy atom. The van der Waals surface area contributed by atoms with Crippen LogP contribution in [-0.2, 0) is 6.61 Å². The molecule has 6 nitrogen and oxygen atoms in total. The molecule has 0 saturated carbocycles. The number of hydrogen-bond donors (Lipinski definition) is 1. The van der Waals surface area contributed by atoms with Gasteiger partial charge in [0.1, 0.15) is 5.56 Å². The van der Waals surface area contributed by atoms with Gasteiger partial charge in [-0.15, -0.1) is 13.2 Å². The molecule has 0 unspecified atom stereocenters. The maximum Gasteiger partial charge on any atom is 0.573 e. The van der Waals surface area contributed by atoms with Crippen molar-refractivity contribution in [1.82, 2.24) is 4.98 Å². The van der Waals surface area contributed by atoms with Gasteiger partial charge in [0.2, 0.25) is 5.75 Å². The first-order chi connectivity index (χ1) is 7.76. The average molecular weight is 256 g/mol. The van der Waals surface area contributed by atoms with Crippen molar-refractivity contribution in [3.63, 3.8) is 0 Å². The minimum atomic E-state index is -5.16. The topological polar surface area (TPSA) is 85.5 Å². The molecule has 1 heterocycles. The van der Waals surface area contributed by atoms with Crippen molar-refractivity contribution in [1.29, 1.82) is 0 Å². The minimum absolute atomic E-state index is 0.222. The Kier molecular flexibility index (Phi) is 3.46. The summed E-state index contributed by atoms with van der Waals surface area (Å²) in [5.41, 5.74) is -0.975. The molecule has 1 N–H and O–H groups in total. The molecule has 0 aliphatic rings. The number of alkyl halides is 3. The molecule has 0 bridgehead atoms. The normalized spacial score (nSPS) is 11.4. The summed E-state index contributed by atoms with van der Waals surface area (Å²) in [6.45, 7) is -1.18. The van der Waals surface area contributed by atoms with Crippen LogP contribution < -0.4 is 4.74 Å². The average Bonchev–Trinajstić information content (AvgIpc) is 2.18. The molecular formula is C7H4F4N2O4. The van der Waals surface area contributed by atoms with Crippen molar-refractivity contribution in [2.45, 2.75) is 13.0 Å². The molecular weight excluding hydrogens is 252 g/mol. The number of hydrogen-bond acceptors (Lipinski definition) is 5. The summed E-state index contributed by atoms with van der Waals surface area (Å²) in [6, 6.07) is 0. The van der Waals surface area contributed by atoms with Gasteiger partial charge in [0.05, 0.1) is 6.61 Å². The smallest absolute Gasteiger partial charge is 0.399 e. The SMILES string of the molecule is O=[N+]([O-])c1ncc(OC(F)(F)F)c(F)c1CO. The van der Waals surface area contributed by atoms with Gasteiger partial charge in [0.15, 0.2) is 12.0 Å². The molecule has 0 amide bonds. The Labute approximate surface area is 90.6 Å². The van der Waals surface area contributed by atoms with E-state index in [4.69, 9.17) is 5.11 Å². The fraction of sp³-hybridized carbons (Fsp3) is 0.286. The first-order valence-corrected chi connectivity index (χ1v) is 3.94. The zero-order chi connectivity index (χ0) is 13.2. The molecule has 0 aliphatic carbocycles. The van der Waals surface area contributed by atoms with E-state index >= 15 is 0 Å². The molecule has 0 radical (unpaired) electrons. The summed E-state index contributed by atoms with van der Waals surface area (Å²) in [4.78, 5) is 12.2. The van der Waals surface area contributed by atoms with Crippen molar-refractivity contribution in [3.05, 3.63) is 27.7 Å². The Bertz CT molecular complexity index is 448. The zero-order valence-corrected chi connectivity index (χ0v) is 7.86. The predicted octanol–water partition coefficient (Wildman–Crippen LogP) is 1.52. The maximum atomic E-state index is 13.3. The zero-order valence-electron chi connectivity index (χ0n) is 7.86. The Balaban J connectivity index is 3.25. The van der Waals surface area contributed by atoms with E-state index in [0.29, 0.717) is 0 Å². The van der Waals surface area contributed by atoms with Gasteiger partial charge < -0.3 is 20.0 Å². The number of aliphatic hydroxyl groups excluding tert-OH is 1. The highest BCUT2D eigenvalue weighted by atomic mass is 19.4. The van der Waals surface area contributed by atoms with Gasteiger partial charge in [-0.1, -0.05) is 0 Å². The standard InChI is InChI=1S/C7H4F4N2O4/c8-5-3(2-14)6(13(15)16)12-1-4(5)17-7(9,10)11/h1,14H,2H2. The van der Waals surface area contributed by atoms with Gasteiger partial charge >= 0.3 is 12.2 Å². The lowest BCUT2D eigenvalue weighted by molar-refractivity contribution is -0.390. The van der Waals surface area contributed by atoms with Gasteiger partial charge in [-0.3, -0.25) is 0 Å². The van der Waals surface area contributed by atoms with E-state index in [9.17, 15) is 27.7 Å². The molecule has 0 atom stereocenters. The second-order valence-electron chi connectivity index (χ2n) is 2.70. The van der Waals surface area contributed by atoms with Crippen LogP contribution in [0.3, 0.4) is 0 Å². The Hall–Kier alpha value is -1.97. The molecule has 0 aromatic carbocycles. The van der Waals surface area contributed by atoms with Crippen LogP contribution in [0.25, 0.3) is 0 Å². The summed E-state index contributed by atoms with van der Waals surface area (Å²) < 4.78 is 51.9. The molecule has 0 spiro atoms. The van der Waals surface area contributed by atoms with E-state index in [-0.39, 0.29) is 6.20 Å². The van der Waals surface area contributed by atoms with Crippen LogP contribution in [0.1, 0.15) is 5.56 Å². The molecule has 0 saturated heterocycles. The van der Waals surface area contributed by atoms with Crippen LogP contribution in [0.15, 0.2) is 6.20 Å². The third kappa shape index (κ3) is 3.00. The van der Waals surface area contributed by atoms with Crippen molar-refractivity contribution >= 4 is 5.82 Å². The number of nitrogens with zero attached hydrogens (tertiary/aromatic N) is 2. The summed E-state index contributed by atoms with van der Waals surface area (Å²) >= 11 is 0. The van der Waals surface area contributed by atoms with Crippen molar-refractivity contribution in [3.8, 4) is 5.75 Å². The number of rotatable bonds is 3. The van der Waals surface area contributed by atoms with Crippen LogP contribution in [0.2, 0.25) is 0 Å². The quantitative estimate of drug-likeness (QED) is 0.503. The Morgan fingerprint density at radius 1 is 1.53 bits per heavy atom. The fourth-order valence-electron chi connectivity index (χ4n) is 0.995. The molecule has 94 valence electrons. The van der Waals surface area contributed by atoms with Crippen molar-refractivity contribution in [2.75, 3.05) is 0 Å². The molecule has 1 aromatic rings.